The number of hydrogen-bond donors (Lipinski definition) is 2. The van der Waals surface area contributed by atoms with Crippen molar-refractivity contribution in [1.29, 1.82) is 0 Å². The minimum atomic E-state index is -0.179. The minimum Gasteiger partial charge on any atom is -0.325 e. The van der Waals surface area contributed by atoms with Crippen molar-refractivity contribution in [3.63, 3.8) is 0 Å². The first-order valence-electron chi connectivity index (χ1n) is 5.57. The number of amides is 1. The van der Waals surface area contributed by atoms with Crippen LogP contribution in [-0.2, 0) is 6.54 Å². The molecule has 0 aliphatic rings. The van der Waals surface area contributed by atoms with Gasteiger partial charge < -0.3 is 11.1 Å². The Kier molecular flexibility index (Phi) is 3.64. The molecule has 5 heteroatoms. The van der Waals surface area contributed by atoms with Crippen molar-refractivity contribution in [3.05, 3.63) is 53.6 Å². The Bertz CT molecular complexity index is 568. The lowest BCUT2D eigenvalue weighted by atomic mass is 10.2. The van der Waals surface area contributed by atoms with Gasteiger partial charge in [-0.1, -0.05) is 0 Å². The first-order chi connectivity index (χ1) is 8.70. The quantitative estimate of drug-likeness (QED) is 0.854. The van der Waals surface area contributed by atoms with E-state index in [2.05, 4.69) is 15.3 Å². The van der Waals surface area contributed by atoms with Gasteiger partial charge >= 0.3 is 0 Å². The average Bonchev–Trinajstić information content (AvgIpc) is 2.41. The summed E-state index contributed by atoms with van der Waals surface area (Å²) in [5, 5.41) is 2.83. The van der Waals surface area contributed by atoms with Gasteiger partial charge in [-0.05, 0) is 30.7 Å². The lowest BCUT2D eigenvalue weighted by Crippen LogP contribution is -2.14. The Labute approximate surface area is 105 Å². The number of rotatable bonds is 3. The molecule has 0 bridgehead atoms. The van der Waals surface area contributed by atoms with Crippen molar-refractivity contribution >= 4 is 11.6 Å². The summed E-state index contributed by atoms with van der Waals surface area (Å²) in [5.74, 6) is -0.179. The Morgan fingerprint density at radius 2 is 2.22 bits per heavy atom. The molecule has 0 unspecified atom stereocenters. The Morgan fingerprint density at radius 1 is 1.39 bits per heavy atom. The van der Waals surface area contributed by atoms with Gasteiger partial charge in [0, 0.05) is 36.4 Å². The molecule has 0 saturated heterocycles. The van der Waals surface area contributed by atoms with Crippen molar-refractivity contribution in [1.82, 2.24) is 9.97 Å². The second-order valence-electron chi connectivity index (χ2n) is 3.88. The van der Waals surface area contributed by atoms with Gasteiger partial charge in [0.25, 0.3) is 5.91 Å². The predicted octanol–water partition coefficient (Wildman–Crippen LogP) is 1.50. The fourth-order valence-corrected chi connectivity index (χ4v) is 1.54. The summed E-state index contributed by atoms with van der Waals surface area (Å²) in [6.07, 6.45) is 4.92. The number of carbonyl (C=O) groups excluding carboxylic acids is 1. The molecule has 3 N–H and O–H groups in total. The smallest absolute Gasteiger partial charge is 0.255 e. The molecule has 92 valence electrons. The minimum absolute atomic E-state index is 0.179. The molecule has 0 radical (unpaired) electrons. The summed E-state index contributed by atoms with van der Waals surface area (Å²) in [7, 11) is 0. The number of aryl methyl sites for hydroxylation is 1. The average molecular weight is 242 g/mol. The van der Waals surface area contributed by atoms with Crippen LogP contribution in [0, 0.1) is 6.92 Å². The molecule has 0 fully saturated rings. The van der Waals surface area contributed by atoms with Crippen LogP contribution >= 0.6 is 0 Å². The SMILES string of the molecule is Cc1cnccc1NC(=O)c1ccnc(CN)c1. The number of nitrogens with zero attached hydrogens (tertiary/aromatic N) is 2. The largest absolute Gasteiger partial charge is 0.325 e. The van der Waals surface area contributed by atoms with Gasteiger partial charge in [0.15, 0.2) is 0 Å². The van der Waals surface area contributed by atoms with Crippen LogP contribution in [0.3, 0.4) is 0 Å². The molecular formula is C13H14N4O. The van der Waals surface area contributed by atoms with E-state index in [1.807, 2.05) is 6.92 Å². The molecule has 1 amide bonds. The van der Waals surface area contributed by atoms with E-state index in [0.717, 1.165) is 11.3 Å². The lowest BCUT2D eigenvalue weighted by molar-refractivity contribution is 0.102. The fraction of sp³-hybridized carbons (Fsp3) is 0.154. The molecule has 0 aromatic carbocycles. The topological polar surface area (TPSA) is 80.9 Å². The summed E-state index contributed by atoms with van der Waals surface area (Å²) < 4.78 is 0. The number of carbonyl (C=O) groups is 1. The van der Waals surface area contributed by atoms with Crippen LogP contribution in [0.5, 0.6) is 0 Å². The maximum Gasteiger partial charge on any atom is 0.255 e. The molecule has 18 heavy (non-hydrogen) atoms. The molecule has 0 atom stereocenters. The third-order valence-corrected chi connectivity index (χ3v) is 2.56. The zero-order chi connectivity index (χ0) is 13.0. The zero-order valence-electron chi connectivity index (χ0n) is 10.1. The fourth-order valence-electron chi connectivity index (χ4n) is 1.54. The molecule has 5 nitrogen and oxygen atoms in total. The molecule has 2 heterocycles. The van der Waals surface area contributed by atoms with E-state index < -0.39 is 0 Å². The number of aromatic nitrogens is 2. The standard InChI is InChI=1S/C13H14N4O/c1-9-8-15-4-3-12(9)17-13(18)10-2-5-16-11(6-10)7-14/h2-6,8H,7,14H2,1H3,(H,15,17,18). The number of nitrogens with two attached hydrogens (primary N) is 1. The molecule has 0 aliphatic carbocycles. The molecule has 0 aliphatic heterocycles. The summed E-state index contributed by atoms with van der Waals surface area (Å²) in [5.41, 5.74) is 8.39. The zero-order valence-corrected chi connectivity index (χ0v) is 10.1. The monoisotopic (exact) mass is 242 g/mol. The van der Waals surface area contributed by atoms with Crippen LogP contribution in [0.4, 0.5) is 5.69 Å². The van der Waals surface area contributed by atoms with Gasteiger partial charge in [-0.2, -0.15) is 0 Å². The highest BCUT2D eigenvalue weighted by molar-refractivity contribution is 6.04. The van der Waals surface area contributed by atoms with Gasteiger partial charge in [-0.3, -0.25) is 14.8 Å². The van der Waals surface area contributed by atoms with E-state index in [9.17, 15) is 4.79 Å². The molecule has 0 saturated carbocycles. The highest BCUT2D eigenvalue weighted by atomic mass is 16.1. The van der Waals surface area contributed by atoms with Crippen molar-refractivity contribution in [3.8, 4) is 0 Å². The summed E-state index contributed by atoms with van der Waals surface area (Å²) >= 11 is 0. The Hall–Kier alpha value is -2.27. The van der Waals surface area contributed by atoms with Crippen molar-refractivity contribution < 1.29 is 4.79 Å². The predicted molar refractivity (Wildman–Crippen MR) is 69.1 cm³/mol. The number of nitrogens with one attached hydrogen (secondary N) is 1. The van der Waals surface area contributed by atoms with Crippen LogP contribution < -0.4 is 11.1 Å². The van der Waals surface area contributed by atoms with Gasteiger partial charge in [-0.25, -0.2) is 0 Å². The summed E-state index contributed by atoms with van der Waals surface area (Å²) in [6, 6.07) is 5.11. The third kappa shape index (κ3) is 2.70. The van der Waals surface area contributed by atoms with Crippen LogP contribution in [-0.4, -0.2) is 15.9 Å². The molecule has 2 aromatic rings. The molecule has 2 rings (SSSR count). The van der Waals surface area contributed by atoms with E-state index in [1.165, 1.54) is 0 Å². The van der Waals surface area contributed by atoms with E-state index in [1.54, 1.807) is 36.8 Å². The third-order valence-electron chi connectivity index (χ3n) is 2.56. The van der Waals surface area contributed by atoms with Crippen molar-refractivity contribution in [2.75, 3.05) is 5.32 Å². The molecule has 0 spiro atoms. The van der Waals surface area contributed by atoms with Crippen LogP contribution in [0.1, 0.15) is 21.6 Å². The highest BCUT2D eigenvalue weighted by Gasteiger charge is 2.08. The van der Waals surface area contributed by atoms with Gasteiger partial charge in [0.05, 0.1) is 5.69 Å². The summed E-state index contributed by atoms with van der Waals surface area (Å²) in [4.78, 5) is 20.1. The Morgan fingerprint density at radius 3 is 2.94 bits per heavy atom. The second kappa shape index (κ2) is 5.37. The van der Waals surface area contributed by atoms with Gasteiger partial charge in [-0.15, -0.1) is 0 Å². The van der Waals surface area contributed by atoms with Crippen molar-refractivity contribution in [2.45, 2.75) is 13.5 Å². The number of anilines is 1. The summed E-state index contributed by atoms with van der Waals surface area (Å²) in [6.45, 7) is 2.20. The number of hydrogen-bond acceptors (Lipinski definition) is 4. The van der Waals surface area contributed by atoms with E-state index in [-0.39, 0.29) is 5.91 Å². The van der Waals surface area contributed by atoms with Gasteiger partial charge in [0.2, 0.25) is 0 Å². The Balaban J connectivity index is 2.19. The van der Waals surface area contributed by atoms with Crippen LogP contribution in [0.15, 0.2) is 36.8 Å². The van der Waals surface area contributed by atoms with E-state index >= 15 is 0 Å². The lowest BCUT2D eigenvalue weighted by Gasteiger charge is -2.08. The van der Waals surface area contributed by atoms with E-state index in [0.29, 0.717) is 17.8 Å². The maximum atomic E-state index is 12.0. The number of pyridine rings is 2. The van der Waals surface area contributed by atoms with Crippen LogP contribution in [0.2, 0.25) is 0 Å². The first kappa shape index (κ1) is 12.2. The second-order valence-corrected chi connectivity index (χ2v) is 3.88. The maximum absolute atomic E-state index is 12.0. The van der Waals surface area contributed by atoms with Gasteiger partial charge in [0.1, 0.15) is 0 Å². The van der Waals surface area contributed by atoms with Crippen molar-refractivity contribution in [2.24, 2.45) is 5.73 Å². The highest BCUT2D eigenvalue weighted by Crippen LogP contribution is 2.13. The normalized spacial score (nSPS) is 10.1. The van der Waals surface area contributed by atoms with Crippen LogP contribution in [0.25, 0.3) is 0 Å². The first-order valence-corrected chi connectivity index (χ1v) is 5.57. The molecule has 2 aromatic heterocycles. The molecular weight excluding hydrogens is 228 g/mol. The van der Waals surface area contributed by atoms with E-state index in [4.69, 9.17) is 5.73 Å².